The molecule has 0 aliphatic heterocycles. The molecule has 1 aliphatic rings. The minimum absolute atomic E-state index is 0.402. The zero-order chi connectivity index (χ0) is 16.6. The summed E-state index contributed by atoms with van der Waals surface area (Å²) in [6, 6.07) is 12.5. The van der Waals surface area contributed by atoms with Gasteiger partial charge in [0.2, 0.25) is 0 Å². The van der Waals surface area contributed by atoms with Gasteiger partial charge >= 0.3 is 11.9 Å². The van der Waals surface area contributed by atoms with E-state index in [1.165, 1.54) is 14.2 Å². The molecule has 0 N–H and O–H groups in total. The van der Waals surface area contributed by atoms with Gasteiger partial charge in [-0.25, -0.2) is 9.59 Å². The summed E-state index contributed by atoms with van der Waals surface area (Å²) >= 11 is 0. The molecule has 0 fully saturated rings. The summed E-state index contributed by atoms with van der Waals surface area (Å²) < 4.78 is 9.48. The zero-order valence-electron chi connectivity index (χ0n) is 12.6. The van der Waals surface area contributed by atoms with E-state index in [2.05, 4.69) is 6.07 Å². The second-order valence-corrected chi connectivity index (χ2v) is 5.15. The maximum absolute atomic E-state index is 11.7. The first-order valence-electron chi connectivity index (χ1n) is 6.95. The van der Waals surface area contributed by atoms with E-state index in [4.69, 9.17) is 9.47 Å². The third kappa shape index (κ3) is 2.25. The molecule has 0 aromatic heterocycles. The molecule has 2 aromatic carbocycles. The first-order valence-corrected chi connectivity index (χ1v) is 6.95. The Morgan fingerprint density at radius 3 is 1.70 bits per heavy atom. The Morgan fingerprint density at radius 2 is 1.35 bits per heavy atom. The van der Waals surface area contributed by atoms with Crippen LogP contribution in [0.4, 0.5) is 0 Å². The fourth-order valence-corrected chi connectivity index (χ4v) is 2.88. The van der Waals surface area contributed by atoms with Crippen LogP contribution in [0.2, 0.25) is 0 Å². The minimum atomic E-state index is -0.445. The van der Waals surface area contributed by atoms with Gasteiger partial charge in [0.05, 0.1) is 37.3 Å². The number of carbonyl (C=O) groups is 2. The van der Waals surface area contributed by atoms with Gasteiger partial charge in [-0.2, -0.15) is 5.26 Å². The Hall–Kier alpha value is -3.13. The van der Waals surface area contributed by atoms with Crippen molar-refractivity contribution in [3.8, 4) is 17.2 Å². The zero-order valence-corrected chi connectivity index (χ0v) is 12.6. The Kier molecular flexibility index (Phi) is 3.59. The number of rotatable bonds is 2. The molecular formula is C18H13NO4. The van der Waals surface area contributed by atoms with Crippen LogP contribution in [0.5, 0.6) is 0 Å². The van der Waals surface area contributed by atoms with Crippen LogP contribution in [0.3, 0.4) is 0 Å². The number of hydrogen-bond acceptors (Lipinski definition) is 5. The molecule has 0 spiro atoms. The van der Waals surface area contributed by atoms with E-state index in [9.17, 15) is 14.9 Å². The summed E-state index contributed by atoms with van der Waals surface area (Å²) in [6.07, 6.45) is 0. The van der Waals surface area contributed by atoms with Crippen molar-refractivity contribution < 1.29 is 19.1 Å². The average molecular weight is 307 g/mol. The lowest BCUT2D eigenvalue weighted by molar-refractivity contribution is 0.0591. The Balaban J connectivity index is 2.21. The number of methoxy groups -OCH3 is 2. The number of nitriles is 1. The van der Waals surface area contributed by atoms with Crippen LogP contribution in [0, 0.1) is 11.3 Å². The fraction of sp³-hybridized carbons (Fsp3) is 0.167. The van der Waals surface area contributed by atoms with Crippen molar-refractivity contribution in [2.75, 3.05) is 14.2 Å². The molecule has 2 aromatic rings. The number of esters is 2. The van der Waals surface area contributed by atoms with Gasteiger partial charge in [-0.1, -0.05) is 12.1 Å². The quantitative estimate of drug-likeness (QED) is 0.797. The lowest BCUT2D eigenvalue weighted by Gasteiger charge is -2.05. The monoisotopic (exact) mass is 307 g/mol. The highest BCUT2D eigenvalue weighted by Gasteiger charge is 2.30. The van der Waals surface area contributed by atoms with Crippen molar-refractivity contribution in [1.29, 1.82) is 5.26 Å². The van der Waals surface area contributed by atoms with E-state index in [1.807, 2.05) is 0 Å². The highest BCUT2D eigenvalue weighted by molar-refractivity contribution is 5.95. The number of hydrogen-bond donors (Lipinski definition) is 0. The van der Waals surface area contributed by atoms with E-state index >= 15 is 0 Å². The number of ether oxygens (including phenoxy) is 2. The van der Waals surface area contributed by atoms with Crippen LogP contribution < -0.4 is 0 Å². The summed E-state index contributed by atoms with van der Waals surface area (Å²) in [5, 5.41) is 9.48. The molecule has 0 atom stereocenters. The second kappa shape index (κ2) is 5.58. The summed E-state index contributed by atoms with van der Waals surface area (Å²) in [5.41, 5.74) is 3.97. The predicted octanol–water partition coefficient (Wildman–Crippen LogP) is 2.90. The minimum Gasteiger partial charge on any atom is -0.465 e. The van der Waals surface area contributed by atoms with Crippen molar-refractivity contribution in [3.05, 3.63) is 58.7 Å². The van der Waals surface area contributed by atoms with Crippen molar-refractivity contribution in [1.82, 2.24) is 0 Å². The Bertz CT molecular complexity index is 798. The van der Waals surface area contributed by atoms with Crippen molar-refractivity contribution >= 4 is 11.9 Å². The van der Waals surface area contributed by atoms with Crippen molar-refractivity contribution in [2.24, 2.45) is 0 Å². The SMILES string of the molecule is COC(=O)c1ccc2c(c1)-c1cc(C(=O)OC)ccc1C2C#N. The molecule has 0 radical (unpaired) electrons. The fourth-order valence-electron chi connectivity index (χ4n) is 2.88. The lowest BCUT2D eigenvalue weighted by Crippen LogP contribution is -2.02. The molecule has 0 unspecified atom stereocenters. The molecule has 5 nitrogen and oxygen atoms in total. The summed E-state index contributed by atoms with van der Waals surface area (Å²) in [6.45, 7) is 0. The third-order valence-electron chi connectivity index (χ3n) is 3.99. The first kappa shape index (κ1) is 14.8. The normalized spacial score (nSPS) is 12.0. The van der Waals surface area contributed by atoms with Crippen LogP contribution in [0.25, 0.3) is 11.1 Å². The molecule has 5 heteroatoms. The molecule has 0 amide bonds. The van der Waals surface area contributed by atoms with Crippen LogP contribution in [0.1, 0.15) is 37.8 Å². The maximum Gasteiger partial charge on any atom is 0.337 e. The molecule has 1 aliphatic carbocycles. The topological polar surface area (TPSA) is 76.4 Å². The van der Waals surface area contributed by atoms with Crippen LogP contribution in [-0.4, -0.2) is 26.2 Å². The van der Waals surface area contributed by atoms with Crippen LogP contribution in [-0.2, 0) is 9.47 Å². The highest BCUT2D eigenvalue weighted by Crippen LogP contribution is 2.45. The number of carbonyl (C=O) groups excluding carboxylic acids is 2. The van der Waals surface area contributed by atoms with E-state index in [-0.39, 0.29) is 0 Å². The van der Waals surface area contributed by atoms with E-state index in [0.29, 0.717) is 11.1 Å². The number of fused-ring (bicyclic) bond motifs is 3. The Labute approximate surface area is 133 Å². The summed E-state index contributed by atoms with van der Waals surface area (Å²) in [4.78, 5) is 23.5. The maximum atomic E-state index is 11.7. The van der Waals surface area contributed by atoms with Crippen molar-refractivity contribution in [3.63, 3.8) is 0 Å². The van der Waals surface area contributed by atoms with E-state index in [0.717, 1.165) is 22.3 Å². The summed E-state index contributed by atoms with van der Waals surface area (Å²) in [5.74, 6) is -1.31. The van der Waals surface area contributed by atoms with Gasteiger partial charge < -0.3 is 9.47 Å². The van der Waals surface area contributed by atoms with Crippen LogP contribution in [0.15, 0.2) is 36.4 Å². The van der Waals surface area contributed by atoms with E-state index in [1.54, 1.807) is 36.4 Å². The van der Waals surface area contributed by atoms with Gasteiger partial charge in [0.25, 0.3) is 0 Å². The van der Waals surface area contributed by atoms with Gasteiger partial charge in [0.15, 0.2) is 0 Å². The molecule has 23 heavy (non-hydrogen) atoms. The van der Waals surface area contributed by atoms with E-state index < -0.39 is 17.9 Å². The smallest absolute Gasteiger partial charge is 0.337 e. The largest absolute Gasteiger partial charge is 0.465 e. The Morgan fingerprint density at radius 1 is 0.913 bits per heavy atom. The summed E-state index contributed by atoms with van der Waals surface area (Å²) in [7, 11) is 2.63. The molecule has 0 saturated heterocycles. The molecular weight excluding hydrogens is 294 g/mol. The molecule has 0 saturated carbocycles. The highest BCUT2D eigenvalue weighted by atomic mass is 16.5. The molecule has 114 valence electrons. The van der Waals surface area contributed by atoms with Crippen molar-refractivity contribution in [2.45, 2.75) is 5.92 Å². The molecule has 0 bridgehead atoms. The van der Waals surface area contributed by atoms with Gasteiger partial charge in [-0.05, 0) is 46.5 Å². The second-order valence-electron chi connectivity index (χ2n) is 5.15. The van der Waals surface area contributed by atoms with Gasteiger partial charge in [0, 0.05) is 0 Å². The van der Waals surface area contributed by atoms with Crippen LogP contribution >= 0.6 is 0 Å². The number of benzene rings is 2. The van der Waals surface area contributed by atoms with Gasteiger partial charge in [0.1, 0.15) is 0 Å². The van der Waals surface area contributed by atoms with Gasteiger partial charge in [-0.15, -0.1) is 0 Å². The molecule has 3 rings (SSSR count). The average Bonchev–Trinajstić information content (AvgIpc) is 2.92. The first-order chi connectivity index (χ1) is 11.1. The molecule has 0 heterocycles. The predicted molar refractivity (Wildman–Crippen MR) is 82.0 cm³/mol. The number of nitrogens with zero attached hydrogens (tertiary/aromatic N) is 1. The lowest BCUT2D eigenvalue weighted by atomic mass is 9.97. The van der Waals surface area contributed by atoms with Gasteiger partial charge in [-0.3, -0.25) is 0 Å². The third-order valence-corrected chi connectivity index (χ3v) is 3.99. The standard InChI is InChI=1S/C18H13NO4/c1-22-17(20)10-3-5-12-14(7-10)15-8-11(18(21)23-2)4-6-13(15)16(12)9-19/h3-8,16H,1-2H3.